The molecule has 2 fully saturated rings. The van der Waals surface area contributed by atoms with Crippen LogP contribution in [-0.4, -0.2) is 72.9 Å². The normalized spacial score (nSPS) is 20.7. The zero-order chi connectivity index (χ0) is 19.3. The summed E-state index contributed by atoms with van der Waals surface area (Å²) < 4.78 is 0. The van der Waals surface area contributed by atoms with Gasteiger partial charge < -0.3 is 9.80 Å². The summed E-state index contributed by atoms with van der Waals surface area (Å²) in [6.45, 7) is 7.92. The number of piperazine rings is 1. The van der Waals surface area contributed by atoms with Crippen molar-refractivity contribution in [1.29, 1.82) is 5.26 Å². The van der Waals surface area contributed by atoms with Gasteiger partial charge in [0.25, 0.3) is 0 Å². The third-order valence-electron chi connectivity index (χ3n) is 5.89. The molecule has 4 rings (SSSR count). The lowest BCUT2D eigenvalue weighted by Crippen LogP contribution is -2.49. The number of benzene rings is 1. The summed E-state index contributed by atoms with van der Waals surface area (Å²) >= 11 is 0. The van der Waals surface area contributed by atoms with Gasteiger partial charge in [0.2, 0.25) is 0 Å². The van der Waals surface area contributed by atoms with Crippen molar-refractivity contribution in [3.05, 3.63) is 42.0 Å². The molecule has 154 valence electrons. The molecule has 1 aromatic carbocycles. The van der Waals surface area contributed by atoms with Crippen LogP contribution in [0.1, 0.15) is 25.8 Å². The predicted octanol–water partition coefficient (Wildman–Crippen LogP) is 3.12. The zero-order valence-corrected chi connectivity index (χ0v) is 16.6. The number of piperidine rings is 1. The minimum absolute atomic E-state index is 0. The van der Waals surface area contributed by atoms with Crippen molar-refractivity contribution in [3.63, 3.8) is 0 Å². The largest absolute Gasteiger partial charge is 0.353 e. The first-order valence-corrected chi connectivity index (χ1v) is 10.2. The predicted molar refractivity (Wildman–Crippen MR) is 118 cm³/mol. The van der Waals surface area contributed by atoms with E-state index in [1.165, 1.54) is 32.5 Å². The van der Waals surface area contributed by atoms with Crippen molar-refractivity contribution >= 4 is 5.82 Å². The van der Waals surface area contributed by atoms with E-state index < -0.39 is 0 Å². The number of hydrogen-bond acceptors (Lipinski definition) is 6. The summed E-state index contributed by atoms with van der Waals surface area (Å²) in [7, 11) is 2.24. The van der Waals surface area contributed by atoms with Gasteiger partial charge in [-0.25, -0.2) is 0 Å². The molecule has 0 N–H and O–H groups in total. The highest BCUT2D eigenvalue weighted by molar-refractivity contribution is 5.60. The molecule has 0 saturated carbocycles. The summed E-state index contributed by atoms with van der Waals surface area (Å²) in [4.78, 5) is 7.41. The molecule has 0 aliphatic carbocycles. The molecule has 0 amide bonds. The van der Waals surface area contributed by atoms with Gasteiger partial charge >= 0.3 is 0 Å². The second-order valence-electron chi connectivity index (χ2n) is 8.02. The standard InChI is InChI=1S/C22H28N6.CH4/c1-26-10-2-3-19(16-26)17-27-11-13-28(14-12-27)22-9-8-21(24-25-22)20-6-4-18(15-23)5-7-20;/h4-9,19H,2-3,10-14,16-17H2,1H3;1H4. The molecule has 3 heterocycles. The minimum Gasteiger partial charge on any atom is -0.353 e. The molecule has 2 saturated heterocycles. The molecule has 6 heteroatoms. The van der Waals surface area contributed by atoms with Crippen molar-refractivity contribution < 1.29 is 0 Å². The number of nitrogens with zero attached hydrogens (tertiary/aromatic N) is 6. The first kappa shape index (κ1) is 21.2. The van der Waals surface area contributed by atoms with Gasteiger partial charge in [-0.3, -0.25) is 4.90 Å². The van der Waals surface area contributed by atoms with Gasteiger partial charge in [0, 0.05) is 44.8 Å². The van der Waals surface area contributed by atoms with Crippen LogP contribution >= 0.6 is 0 Å². The number of likely N-dealkylation sites (tertiary alicyclic amines) is 1. The van der Waals surface area contributed by atoms with E-state index in [2.05, 4.69) is 44.1 Å². The third-order valence-corrected chi connectivity index (χ3v) is 5.89. The fourth-order valence-electron chi connectivity index (χ4n) is 4.31. The number of nitriles is 1. The van der Waals surface area contributed by atoms with Gasteiger partial charge in [0.15, 0.2) is 5.82 Å². The molecule has 2 aliphatic rings. The molecular formula is C23H32N6. The van der Waals surface area contributed by atoms with Crippen LogP contribution in [0, 0.1) is 17.2 Å². The molecule has 0 spiro atoms. The number of aromatic nitrogens is 2. The van der Waals surface area contributed by atoms with E-state index in [1.807, 2.05) is 30.3 Å². The Bertz CT molecular complexity index is 803. The zero-order valence-electron chi connectivity index (χ0n) is 16.6. The fraction of sp³-hybridized carbons (Fsp3) is 0.522. The van der Waals surface area contributed by atoms with E-state index in [0.29, 0.717) is 5.56 Å². The number of anilines is 1. The Balaban J connectivity index is 0.00000240. The Morgan fingerprint density at radius 1 is 1.00 bits per heavy atom. The van der Waals surface area contributed by atoms with Crippen LogP contribution in [0.4, 0.5) is 5.82 Å². The van der Waals surface area contributed by atoms with E-state index in [1.54, 1.807) is 0 Å². The van der Waals surface area contributed by atoms with E-state index in [9.17, 15) is 0 Å². The average molecular weight is 393 g/mol. The number of hydrogen-bond donors (Lipinski definition) is 0. The van der Waals surface area contributed by atoms with Gasteiger partial charge in [-0.1, -0.05) is 19.6 Å². The highest BCUT2D eigenvalue weighted by Gasteiger charge is 2.23. The summed E-state index contributed by atoms with van der Waals surface area (Å²) in [5.41, 5.74) is 2.49. The molecule has 2 aliphatic heterocycles. The Morgan fingerprint density at radius 3 is 2.38 bits per heavy atom. The van der Waals surface area contributed by atoms with E-state index >= 15 is 0 Å². The molecule has 6 nitrogen and oxygen atoms in total. The Hall–Kier alpha value is -2.49. The number of rotatable bonds is 4. The first-order valence-electron chi connectivity index (χ1n) is 10.2. The Kier molecular flexibility index (Phi) is 7.18. The van der Waals surface area contributed by atoms with Crippen LogP contribution in [0.2, 0.25) is 0 Å². The highest BCUT2D eigenvalue weighted by atomic mass is 15.3. The van der Waals surface area contributed by atoms with E-state index in [-0.39, 0.29) is 7.43 Å². The molecule has 2 aromatic rings. The van der Waals surface area contributed by atoms with Crippen molar-refractivity contribution in [1.82, 2.24) is 20.0 Å². The lowest BCUT2D eigenvalue weighted by atomic mass is 9.97. The molecule has 29 heavy (non-hydrogen) atoms. The van der Waals surface area contributed by atoms with Crippen molar-refractivity contribution in [2.75, 3.05) is 57.8 Å². The van der Waals surface area contributed by atoms with E-state index in [0.717, 1.165) is 49.2 Å². The minimum atomic E-state index is 0. The molecule has 1 atom stereocenters. The van der Waals surface area contributed by atoms with E-state index in [4.69, 9.17) is 5.26 Å². The summed E-state index contributed by atoms with van der Waals surface area (Å²) in [5.74, 6) is 1.77. The molecule has 1 unspecified atom stereocenters. The van der Waals surface area contributed by atoms with Crippen LogP contribution in [0.25, 0.3) is 11.3 Å². The van der Waals surface area contributed by atoms with Gasteiger partial charge in [-0.2, -0.15) is 5.26 Å². The molecular weight excluding hydrogens is 360 g/mol. The quantitative estimate of drug-likeness (QED) is 0.797. The molecule has 0 radical (unpaired) electrons. The van der Waals surface area contributed by atoms with Crippen LogP contribution in [0.15, 0.2) is 36.4 Å². The maximum Gasteiger partial charge on any atom is 0.151 e. The Labute approximate surface area is 174 Å². The van der Waals surface area contributed by atoms with Crippen LogP contribution < -0.4 is 4.90 Å². The van der Waals surface area contributed by atoms with Gasteiger partial charge in [0.05, 0.1) is 17.3 Å². The van der Waals surface area contributed by atoms with Crippen LogP contribution in [-0.2, 0) is 0 Å². The maximum atomic E-state index is 8.91. The topological polar surface area (TPSA) is 59.3 Å². The Morgan fingerprint density at radius 2 is 1.76 bits per heavy atom. The third kappa shape index (κ3) is 5.31. The monoisotopic (exact) mass is 392 g/mol. The second-order valence-corrected chi connectivity index (χ2v) is 8.02. The van der Waals surface area contributed by atoms with Crippen LogP contribution in [0.5, 0.6) is 0 Å². The summed E-state index contributed by atoms with van der Waals surface area (Å²) in [6.07, 6.45) is 2.70. The van der Waals surface area contributed by atoms with Gasteiger partial charge in [0.1, 0.15) is 0 Å². The van der Waals surface area contributed by atoms with Gasteiger partial charge in [-0.15, -0.1) is 10.2 Å². The van der Waals surface area contributed by atoms with Crippen molar-refractivity contribution in [3.8, 4) is 17.3 Å². The first-order chi connectivity index (χ1) is 13.7. The molecule has 0 bridgehead atoms. The lowest BCUT2D eigenvalue weighted by Gasteiger charge is -2.38. The SMILES string of the molecule is C.CN1CCCC(CN2CCN(c3ccc(-c4ccc(C#N)cc4)nn3)CC2)C1. The fourth-order valence-corrected chi connectivity index (χ4v) is 4.31. The lowest BCUT2D eigenvalue weighted by molar-refractivity contribution is 0.147. The smallest absolute Gasteiger partial charge is 0.151 e. The highest BCUT2D eigenvalue weighted by Crippen LogP contribution is 2.21. The van der Waals surface area contributed by atoms with Crippen molar-refractivity contribution in [2.45, 2.75) is 20.3 Å². The van der Waals surface area contributed by atoms with Crippen LogP contribution in [0.3, 0.4) is 0 Å². The molecule has 1 aromatic heterocycles. The van der Waals surface area contributed by atoms with Gasteiger partial charge in [-0.05, 0) is 56.6 Å². The summed E-state index contributed by atoms with van der Waals surface area (Å²) in [5, 5.41) is 17.8. The maximum absolute atomic E-state index is 8.91. The van der Waals surface area contributed by atoms with Crippen molar-refractivity contribution in [2.24, 2.45) is 5.92 Å². The average Bonchev–Trinajstić information content (AvgIpc) is 2.75. The second kappa shape index (κ2) is 9.82. The summed E-state index contributed by atoms with van der Waals surface area (Å²) in [6, 6.07) is 13.7.